The lowest BCUT2D eigenvalue weighted by atomic mass is 10.2. The number of carbonyl (C=O) groups excluding carboxylic acids is 1. The maximum atomic E-state index is 11.7. The molecule has 0 radical (unpaired) electrons. The smallest absolute Gasteiger partial charge is 0.246 e. The lowest BCUT2D eigenvalue weighted by Gasteiger charge is -2.30. The second-order valence-corrected chi connectivity index (χ2v) is 4.49. The van der Waals surface area contributed by atoms with E-state index in [1.54, 1.807) is 4.90 Å². The molecule has 0 fully saturated rings. The molecule has 1 aliphatic rings. The van der Waals surface area contributed by atoms with Gasteiger partial charge in [0.05, 0.1) is 6.54 Å². The van der Waals surface area contributed by atoms with Crippen LogP contribution in [0.1, 0.15) is 13.3 Å². The first kappa shape index (κ1) is 13.5. The molecule has 0 saturated heterocycles. The molecule has 1 aromatic carbocycles. The summed E-state index contributed by atoms with van der Waals surface area (Å²) in [5, 5.41) is 0. The van der Waals surface area contributed by atoms with E-state index < -0.39 is 0 Å². The number of carbonyl (C=O) groups is 1. The van der Waals surface area contributed by atoms with Crippen LogP contribution in [0, 0.1) is 0 Å². The summed E-state index contributed by atoms with van der Waals surface area (Å²) in [7, 11) is 0. The minimum atomic E-state index is -0.134. The minimum Gasteiger partial charge on any atom is -0.486 e. The number of ether oxygens (including phenoxy) is 2. The highest BCUT2D eigenvalue weighted by Gasteiger charge is 2.24. The topological polar surface area (TPSA) is 38.8 Å². The monoisotopic (exact) mass is 261 g/mol. The van der Waals surface area contributed by atoms with Gasteiger partial charge in [-0.2, -0.15) is 0 Å². The zero-order chi connectivity index (χ0) is 13.7. The number of para-hydroxylation sites is 2. The van der Waals surface area contributed by atoms with Gasteiger partial charge in [-0.05, 0) is 24.6 Å². The van der Waals surface area contributed by atoms with Gasteiger partial charge >= 0.3 is 0 Å². The minimum absolute atomic E-state index is 0.0655. The number of hydrogen-bond donors (Lipinski definition) is 0. The average molecular weight is 261 g/mol. The summed E-state index contributed by atoms with van der Waals surface area (Å²) < 4.78 is 11.5. The van der Waals surface area contributed by atoms with Gasteiger partial charge in [-0.1, -0.05) is 25.6 Å². The van der Waals surface area contributed by atoms with Crippen LogP contribution in [0.15, 0.2) is 36.9 Å². The van der Waals surface area contributed by atoms with Gasteiger partial charge < -0.3 is 14.4 Å². The van der Waals surface area contributed by atoms with Gasteiger partial charge in [-0.15, -0.1) is 0 Å². The molecule has 1 amide bonds. The van der Waals surface area contributed by atoms with E-state index in [2.05, 4.69) is 6.58 Å². The largest absolute Gasteiger partial charge is 0.486 e. The predicted octanol–water partition coefficient (Wildman–Crippen LogP) is 2.25. The Morgan fingerprint density at radius 3 is 2.89 bits per heavy atom. The fourth-order valence-corrected chi connectivity index (χ4v) is 2.09. The van der Waals surface area contributed by atoms with E-state index in [1.807, 2.05) is 31.2 Å². The normalized spacial score (nSPS) is 16.8. The van der Waals surface area contributed by atoms with Crippen molar-refractivity contribution in [1.82, 2.24) is 4.90 Å². The quantitative estimate of drug-likeness (QED) is 0.763. The Hall–Kier alpha value is -1.97. The van der Waals surface area contributed by atoms with E-state index in [0.29, 0.717) is 19.7 Å². The lowest BCUT2D eigenvalue weighted by Crippen LogP contribution is -2.43. The average Bonchev–Trinajstić information content (AvgIpc) is 2.46. The summed E-state index contributed by atoms with van der Waals surface area (Å²) in [5.74, 6) is 1.43. The predicted molar refractivity (Wildman–Crippen MR) is 73.4 cm³/mol. The summed E-state index contributed by atoms with van der Waals surface area (Å²) >= 11 is 0. The van der Waals surface area contributed by atoms with E-state index in [0.717, 1.165) is 17.9 Å². The second-order valence-electron chi connectivity index (χ2n) is 4.49. The first-order valence-electron chi connectivity index (χ1n) is 6.54. The zero-order valence-corrected chi connectivity index (χ0v) is 11.2. The zero-order valence-electron chi connectivity index (χ0n) is 11.2. The molecule has 1 atom stereocenters. The van der Waals surface area contributed by atoms with Crippen molar-refractivity contribution in [3.8, 4) is 11.5 Å². The van der Waals surface area contributed by atoms with Crippen LogP contribution in [0.4, 0.5) is 0 Å². The Morgan fingerprint density at radius 2 is 2.21 bits per heavy atom. The van der Waals surface area contributed by atoms with Crippen LogP contribution in [-0.4, -0.2) is 36.6 Å². The molecular weight excluding hydrogens is 242 g/mol. The highest BCUT2D eigenvalue weighted by Crippen LogP contribution is 2.30. The number of benzene rings is 1. The summed E-state index contributed by atoms with van der Waals surface area (Å²) in [6.07, 6.45) is 2.11. The lowest BCUT2D eigenvalue weighted by molar-refractivity contribution is -0.127. The first-order valence-corrected chi connectivity index (χ1v) is 6.54. The fraction of sp³-hybridized carbons (Fsp3) is 0.400. The molecule has 2 rings (SSSR count). The number of fused-ring (bicyclic) bond motifs is 1. The molecule has 0 aliphatic carbocycles. The van der Waals surface area contributed by atoms with Crippen LogP contribution in [-0.2, 0) is 4.79 Å². The molecule has 0 N–H and O–H groups in total. The van der Waals surface area contributed by atoms with E-state index in [9.17, 15) is 4.79 Å². The molecular formula is C15H19NO3. The van der Waals surface area contributed by atoms with Crippen LogP contribution in [0.25, 0.3) is 0 Å². The van der Waals surface area contributed by atoms with Gasteiger partial charge in [0.2, 0.25) is 5.91 Å². The van der Waals surface area contributed by atoms with Crippen LogP contribution >= 0.6 is 0 Å². The highest BCUT2D eigenvalue weighted by atomic mass is 16.6. The van der Waals surface area contributed by atoms with Crippen LogP contribution in [0.3, 0.4) is 0 Å². The Bertz CT molecular complexity index is 458. The van der Waals surface area contributed by atoms with E-state index >= 15 is 0 Å². The maximum Gasteiger partial charge on any atom is 0.246 e. The molecule has 0 unspecified atom stereocenters. The Labute approximate surface area is 113 Å². The van der Waals surface area contributed by atoms with Crippen LogP contribution in [0.5, 0.6) is 11.5 Å². The van der Waals surface area contributed by atoms with Gasteiger partial charge in [0, 0.05) is 6.54 Å². The van der Waals surface area contributed by atoms with E-state index in [4.69, 9.17) is 9.47 Å². The van der Waals surface area contributed by atoms with Gasteiger partial charge in [0.1, 0.15) is 6.61 Å². The van der Waals surface area contributed by atoms with Crippen molar-refractivity contribution in [3.63, 3.8) is 0 Å². The molecule has 1 aromatic rings. The molecule has 1 aliphatic heterocycles. The van der Waals surface area contributed by atoms with Crippen molar-refractivity contribution in [3.05, 3.63) is 36.9 Å². The number of rotatable bonds is 5. The molecule has 19 heavy (non-hydrogen) atoms. The molecule has 4 nitrogen and oxygen atoms in total. The summed E-state index contributed by atoms with van der Waals surface area (Å²) in [6.45, 7) is 7.25. The van der Waals surface area contributed by atoms with Crippen molar-refractivity contribution in [2.24, 2.45) is 0 Å². The molecule has 102 valence electrons. The van der Waals surface area contributed by atoms with Gasteiger partial charge in [0.15, 0.2) is 17.6 Å². The third kappa shape index (κ3) is 3.28. The Kier molecular flexibility index (Phi) is 4.44. The van der Waals surface area contributed by atoms with E-state index in [-0.39, 0.29) is 12.0 Å². The molecule has 0 aromatic heterocycles. The van der Waals surface area contributed by atoms with Crippen molar-refractivity contribution >= 4 is 5.91 Å². The molecule has 1 heterocycles. The van der Waals surface area contributed by atoms with Gasteiger partial charge in [0.25, 0.3) is 0 Å². The summed E-state index contributed by atoms with van der Waals surface area (Å²) in [6, 6.07) is 7.57. The molecule has 0 bridgehead atoms. The molecule has 0 saturated carbocycles. The Balaban J connectivity index is 2.00. The third-order valence-electron chi connectivity index (χ3n) is 2.97. The van der Waals surface area contributed by atoms with Crippen molar-refractivity contribution in [2.45, 2.75) is 19.4 Å². The van der Waals surface area contributed by atoms with E-state index in [1.165, 1.54) is 6.08 Å². The van der Waals surface area contributed by atoms with Gasteiger partial charge in [-0.25, -0.2) is 0 Å². The van der Waals surface area contributed by atoms with Gasteiger partial charge in [-0.3, -0.25) is 4.79 Å². The van der Waals surface area contributed by atoms with Crippen molar-refractivity contribution in [1.29, 1.82) is 0 Å². The molecule has 0 spiro atoms. The summed E-state index contributed by atoms with van der Waals surface area (Å²) in [4.78, 5) is 13.5. The number of amides is 1. The third-order valence-corrected chi connectivity index (χ3v) is 2.97. The van der Waals surface area contributed by atoms with Crippen LogP contribution < -0.4 is 9.47 Å². The fourth-order valence-electron chi connectivity index (χ4n) is 2.09. The highest BCUT2D eigenvalue weighted by molar-refractivity contribution is 5.87. The Morgan fingerprint density at radius 1 is 1.47 bits per heavy atom. The number of nitrogens with zero attached hydrogens (tertiary/aromatic N) is 1. The SMILES string of the molecule is C=CC(=O)N(CCC)C[C@H]1COc2ccccc2O1. The standard InChI is InChI=1S/C15H19NO3/c1-3-9-16(15(17)4-2)10-12-11-18-13-7-5-6-8-14(13)19-12/h4-8,12H,2-3,9-11H2,1H3/t12-/m0/s1. The van der Waals surface area contributed by atoms with Crippen LogP contribution in [0.2, 0.25) is 0 Å². The summed E-state index contributed by atoms with van der Waals surface area (Å²) in [5.41, 5.74) is 0. The van der Waals surface area contributed by atoms with Crippen molar-refractivity contribution < 1.29 is 14.3 Å². The maximum absolute atomic E-state index is 11.7. The number of hydrogen-bond acceptors (Lipinski definition) is 3. The molecule has 4 heteroatoms. The first-order chi connectivity index (χ1) is 9.24. The van der Waals surface area contributed by atoms with Crippen molar-refractivity contribution in [2.75, 3.05) is 19.7 Å². The second kappa shape index (κ2) is 6.27.